The Balaban J connectivity index is 2.46. The molecule has 2 atom stereocenters. The van der Waals surface area contributed by atoms with Crippen LogP contribution in [0.1, 0.15) is 25.8 Å². The summed E-state index contributed by atoms with van der Waals surface area (Å²) >= 11 is 0. The maximum atomic E-state index is 13.7. The zero-order valence-corrected chi connectivity index (χ0v) is 9.71. The van der Waals surface area contributed by atoms with E-state index in [1.54, 1.807) is 0 Å². The molecule has 2 unspecified atom stereocenters. The highest BCUT2D eigenvalue weighted by Crippen LogP contribution is 2.58. The van der Waals surface area contributed by atoms with Gasteiger partial charge in [0.25, 0.3) is 0 Å². The summed E-state index contributed by atoms with van der Waals surface area (Å²) in [7, 11) is 0. The average molecular weight is 240 g/mol. The molecule has 0 aliphatic heterocycles. The first kappa shape index (κ1) is 12.0. The first-order valence-corrected chi connectivity index (χ1v) is 5.58. The van der Waals surface area contributed by atoms with Gasteiger partial charge in [0, 0.05) is 11.6 Å². The zero-order chi connectivity index (χ0) is 12.8. The Hall–Kier alpha value is -1.45. The molecule has 2 nitrogen and oxygen atoms in total. The van der Waals surface area contributed by atoms with Crippen molar-refractivity contribution in [3.8, 4) is 0 Å². The number of rotatable bonds is 3. The lowest BCUT2D eigenvalue weighted by Gasteiger charge is -2.15. The second kappa shape index (κ2) is 3.79. The number of carboxylic acid groups (broad SMARTS) is 1. The van der Waals surface area contributed by atoms with Crippen molar-refractivity contribution in [3.05, 3.63) is 35.4 Å². The maximum absolute atomic E-state index is 13.7. The summed E-state index contributed by atoms with van der Waals surface area (Å²) in [5.74, 6) is -2.40. The molecule has 0 heterocycles. The van der Waals surface area contributed by atoms with Crippen LogP contribution in [0.5, 0.6) is 0 Å². The van der Waals surface area contributed by atoms with E-state index in [2.05, 4.69) is 0 Å². The lowest BCUT2D eigenvalue weighted by atomic mass is 9.89. The molecule has 1 fully saturated rings. The largest absolute Gasteiger partial charge is 0.481 e. The minimum Gasteiger partial charge on any atom is -0.481 e. The molecular weight excluding hydrogens is 226 g/mol. The molecule has 1 saturated carbocycles. The summed E-state index contributed by atoms with van der Waals surface area (Å²) in [6.45, 7) is 3.83. The van der Waals surface area contributed by atoms with Crippen molar-refractivity contribution in [3.63, 3.8) is 0 Å². The van der Waals surface area contributed by atoms with Crippen LogP contribution in [0.25, 0.3) is 0 Å². The van der Waals surface area contributed by atoms with Crippen molar-refractivity contribution in [1.82, 2.24) is 0 Å². The fourth-order valence-electron chi connectivity index (χ4n) is 2.61. The van der Waals surface area contributed by atoms with E-state index in [4.69, 9.17) is 0 Å². The highest BCUT2D eigenvalue weighted by atomic mass is 19.1. The van der Waals surface area contributed by atoms with Gasteiger partial charge in [0.05, 0.1) is 5.41 Å². The van der Waals surface area contributed by atoms with Crippen molar-refractivity contribution in [2.75, 3.05) is 0 Å². The van der Waals surface area contributed by atoms with E-state index in [-0.39, 0.29) is 17.4 Å². The summed E-state index contributed by atoms with van der Waals surface area (Å²) in [6, 6.07) is 3.11. The van der Waals surface area contributed by atoms with Crippen molar-refractivity contribution >= 4 is 5.97 Å². The quantitative estimate of drug-likeness (QED) is 0.881. The Kier molecular flexibility index (Phi) is 2.68. The van der Waals surface area contributed by atoms with Crippen molar-refractivity contribution in [2.24, 2.45) is 11.8 Å². The van der Waals surface area contributed by atoms with Crippen LogP contribution in [-0.4, -0.2) is 11.1 Å². The van der Waals surface area contributed by atoms with Crippen LogP contribution < -0.4 is 0 Å². The van der Waals surface area contributed by atoms with Gasteiger partial charge >= 0.3 is 5.97 Å². The van der Waals surface area contributed by atoms with Gasteiger partial charge < -0.3 is 5.11 Å². The molecule has 92 valence electrons. The summed E-state index contributed by atoms with van der Waals surface area (Å²) in [6.07, 6.45) is 0.419. The second-order valence-corrected chi connectivity index (χ2v) is 4.96. The topological polar surface area (TPSA) is 37.3 Å². The van der Waals surface area contributed by atoms with E-state index in [1.165, 1.54) is 6.07 Å². The third-order valence-electron chi connectivity index (χ3n) is 3.61. The van der Waals surface area contributed by atoms with Crippen molar-refractivity contribution in [1.29, 1.82) is 0 Å². The van der Waals surface area contributed by atoms with E-state index < -0.39 is 23.0 Å². The Morgan fingerprint density at radius 3 is 2.53 bits per heavy atom. The highest BCUT2D eigenvalue weighted by Gasteiger charge is 2.63. The molecule has 17 heavy (non-hydrogen) atoms. The molecular formula is C13H14F2O2. The van der Waals surface area contributed by atoms with E-state index in [0.717, 1.165) is 12.1 Å². The number of benzene rings is 1. The normalized spacial score (nSPS) is 27.2. The molecule has 0 amide bonds. The first-order chi connectivity index (χ1) is 7.89. The van der Waals surface area contributed by atoms with Gasteiger partial charge in [0.2, 0.25) is 0 Å². The predicted molar refractivity (Wildman–Crippen MR) is 58.6 cm³/mol. The summed E-state index contributed by atoms with van der Waals surface area (Å²) in [4.78, 5) is 11.4. The summed E-state index contributed by atoms with van der Waals surface area (Å²) in [5, 5.41) is 9.31. The highest BCUT2D eigenvalue weighted by molar-refractivity contribution is 5.86. The molecule has 0 saturated heterocycles. The van der Waals surface area contributed by atoms with Gasteiger partial charge in [0.1, 0.15) is 11.6 Å². The number of halogens is 2. The number of hydrogen-bond acceptors (Lipinski definition) is 1. The van der Waals surface area contributed by atoms with Crippen LogP contribution in [0, 0.1) is 23.5 Å². The fourth-order valence-corrected chi connectivity index (χ4v) is 2.61. The van der Waals surface area contributed by atoms with E-state index in [9.17, 15) is 18.7 Å². The van der Waals surface area contributed by atoms with Gasteiger partial charge in [-0.2, -0.15) is 0 Å². The maximum Gasteiger partial charge on any atom is 0.314 e. The lowest BCUT2D eigenvalue weighted by Crippen LogP contribution is -2.25. The molecule has 1 N–H and O–H groups in total. The fraction of sp³-hybridized carbons (Fsp3) is 0.462. The Labute approximate surface area is 98.3 Å². The minimum absolute atomic E-state index is 0.0834. The summed E-state index contributed by atoms with van der Waals surface area (Å²) < 4.78 is 26.5. The van der Waals surface area contributed by atoms with Crippen LogP contribution in [0.3, 0.4) is 0 Å². The van der Waals surface area contributed by atoms with Crippen molar-refractivity contribution in [2.45, 2.75) is 25.7 Å². The van der Waals surface area contributed by atoms with Crippen LogP contribution in [0.15, 0.2) is 18.2 Å². The molecule has 0 aromatic heterocycles. The third kappa shape index (κ3) is 1.72. The van der Waals surface area contributed by atoms with Crippen LogP contribution in [0.4, 0.5) is 8.78 Å². The molecule has 0 spiro atoms. The number of carbonyl (C=O) groups is 1. The van der Waals surface area contributed by atoms with Gasteiger partial charge in [-0.1, -0.05) is 19.9 Å². The van der Waals surface area contributed by atoms with E-state index >= 15 is 0 Å². The molecule has 0 radical (unpaired) electrons. The van der Waals surface area contributed by atoms with Gasteiger partial charge in [-0.25, -0.2) is 8.78 Å². The smallest absolute Gasteiger partial charge is 0.314 e. The standard InChI is InChI=1S/C13H14F2O2/c1-7(2)10-6-13(10,12(16)17)9-4-3-8(14)5-11(9)15/h3-5,7,10H,6H2,1-2H3,(H,16,17). The van der Waals surface area contributed by atoms with Gasteiger partial charge in [0.15, 0.2) is 0 Å². The molecule has 2 rings (SSSR count). The molecule has 0 bridgehead atoms. The monoisotopic (exact) mass is 240 g/mol. The molecule has 1 aromatic carbocycles. The van der Waals surface area contributed by atoms with Gasteiger partial charge in [-0.15, -0.1) is 0 Å². The molecule has 1 aliphatic rings. The second-order valence-electron chi connectivity index (χ2n) is 4.96. The van der Waals surface area contributed by atoms with E-state index in [0.29, 0.717) is 6.42 Å². The summed E-state index contributed by atoms with van der Waals surface area (Å²) in [5.41, 5.74) is -1.06. The van der Waals surface area contributed by atoms with Crippen LogP contribution >= 0.6 is 0 Å². The Morgan fingerprint density at radius 2 is 2.12 bits per heavy atom. The molecule has 4 heteroatoms. The third-order valence-corrected chi connectivity index (χ3v) is 3.61. The number of aliphatic carboxylic acids is 1. The Bertz CT molecular complexity index is 470. The Morgan fingerprint density at radius 1 is 1.47 bits per heavy atom. The van der Waals surface area contributed by atoms with Crippen LogP contribution in [-0.2, 0) is 10.2 Å². The number of hydrogen-bond donors (Lipinski definition) is 1. The van der Waals surface area contributed by atoms with E-state index in [1.807, 2.05) is 13.8 Å². The van der Waals surface area contributed by atoms with Gasteiger partial charge in [-0.05, 0) is 24.3 Å². The lowest BCUT2D eigenvalue weighted by molar-refractivity contribution is -0.140. The van der Waals surface area contributed by atoms with Gasteiger partial charge in [-0.3, -0.25) is 4.79 Å². The SMILES string of the molecule is CC(C)C1CC1(C(=O)O)c1ccc(F)cc1F. The first-order valence-electron chi connectivity index (χ1n) is 5.58. The average Bonchev–Trinajstić information content (AvgIpc) is 2.93. The van der Waals surface area contributed by atoms with Crippen molar-refractivity contribution < 1.29 is 18.7 Å². The number of carboxylic acids is 1. The molecule has 1 aliphatic carbocycles. The minimum atomic E-state index is -1.16. The zero-order valence-electron chi connectivity index (χ0n) is 9.71. The van der Waals surface area contributed by atoms with Crippen LogP contribution in [0.2, 0.25) is 0 Å². The molecule has 1 aromatic rings. The predicted octanol–water partition coefficient (Wildman–Crippen LogP) is 2.96.